The van der Waals surface area contributed by atoms with E-state index in [2.05, 4.69) is 54.5 Å². The molecule has 0 bridgehead atoms. The molecule has 0 saturated carbocycles. The molecule has 0 radical (unpaired) electrons. The zero-order valence-corrected chi connectivity index (χ0v) is 11.1. The maximum Gasteiger partial charge on any atom is 0.0516 e. The summed E-state index contributed by atoms with van der Waals surface area (Å²) >= 11 is 9.07. The summed E-state index contributed by atoms with van der Waals surface area (Å²) < 4.78 is 3.14. The van der Waals surface area contributed by atoms with Crippen molar-refractivity contribution in [3.63, 3.8) is 0 Å². The maximum atomic E-state index is 5.79. The number of aryl methyl sites for hydroxylation is 1. The van der Waals surface area contributed by atoms with E-state index in [4.69, 9.17) is 5.73 Å². The highest BCUT2D eigenvalue weighted by Crippen LogP contribution is 2.34. The molecule has 0 spiro atoms. The number of benzene rings is 1. The van der Waals surface area contributed by atoms with Crippen molar-refractivity contribution in [1.82, 2.24) is 0 Å². The van der Waals surface area contributed by atoms with Crippen LogP contribution < -0.4 is 5.73 Å². The summed E-state index contributed by atoms with van der Waals surface area (Å²) in [5.41, 5.74) is 7.74. The zero-order valence-electron chi connectivity index (χ0n) is 5.79. The normalized spacial score (nSPS) is 10.2. The largest absolute Gasteiger partial charge is 0.398 e. The molecule has 0 aliphatic rings. The Kier molecular flexibility index (Phi) is 3.22. The highest BCUT2D eigenvalue weighted by Gasteiger charge is 2.07. The second-order valence-corrected chi connectivity index (χ2v) is 4.94. The quantitative estimate of drug-likeness (QED) is 0.408. The zero-order chi connectivity index (χ0) is 8.59. The lowest BCUT2D eigenvalue weighted by Crippen LogP contribution is -1.94. The van der Waals surface area contributed by atoms with Gasteiger partial charge in [-0.25, -0.2) is 0 Å². The lowest BCUT2D eigenvalue weighted by Gasteiger charge is -2.06. The molecule has 0 unspecified atom stereocenters. The molecule has 4 heteroatoms. The Hall–Kier alpha value is 0.710. The van der Waals surface area contributed by atoms with Gasteiger partial charge in [-0.2, -0.15) is 0 Å². The van der Waals surface area contributed by atoms with Crippen LogP contribution in [0.2, 0.25) is 0 Å². The fourth-order valence-corrected chi connectivity index (χ4v) is 2.68. The highest BCUT2D eigenvalue weighted by molar-refractivity contribution is 14.1. The fraction of sp³-hybridized carbons (Fsp3) is 0.143. The molecule has 1 aromatic rings. The lowest BCUT2D eigenvalue weighted by atomic mass is 10.2. The summed E-state index contributed by atoms with van der Waals surface area (Å²) in [6.07, 6.45) is 0. The van der Waals surface area contributed by atoms with E-state index in [-0.39, 0.29) is 0 Å². The van der Waals surface area contributed by atoms with Crippen LogP contribution in [0.3, 0.4) is 0 Å². The molecule has 0 aliphatic carbocycles. The molecule has 2 N–H and O–H groups in total. The highest BCUT2D eigenvalue weighted by atomic mass is 127. The summed E-state index contributed by atoms with van der Waals surface area (Å²) in [6.45, 7) is 1.99. The first-order valence-corrected chi connectivity index (χ1v) is 5.60. The molecule has 1 rings (SSSR count). The summed E-state index contributed by atoms with van der Waals surface area (Å²) in [7, 11) is 0. The Morgan fingerprint density at radius 1 is 1.45 bits per heavy atom. The van der Waals surface area contributed by atoms with Crippen LogP contribution >= 0.6 is 54.5 Å². The third-order valence-corrected chi connectivity index (χ3v) is 5.25. The van der Waals surface area contributed by atoms with E-state index in [1.165, 1.54) is 0 Å². The molecule has 0 saturated heterocycles. The van der Waals surface area contributed by atoms with E-state index in [0.717, 1.165) is 23.8 Å². The number of hydrogen-bond acceptors (Lipinski definition) is 1. The average Bonchev–Trinajstić information content (AvgIpc) is 1.97. The van der Waals surface area contributed by atoms with E-state index in [9.17, 15) is 0 Å². The van der Waals surface area contributed by atoms with E-state index in [1.54, 1.807) is 0 Å². The first kappa shape index (κ1) is 9.80. The predicted octanol–water partition coefficient (Wildman–Crippen LogP) is 3.71. The Morgan fingerprint density at radius 3 is 2.55 bits per heavy atom. The molecule has 11 heavy (non-hydrogen) atoms. The van der Waals surface area contributed by atoms with Gasteiger partial charge in [0.25, 0.3) is 0 Å². The van der Waals surface area contributed by atoms with Gasteiger partial charge in [0, 0.05) is 14.6 Å². The number of halogens is 3. The van der Waals surface area contributed by atoms with Crippen molar-refractivity contribution in [2.75, 3.05) is 5.73 Å². The number of nitrogen functional groups attached to an aromatic ring is 1. The first-order chi connectivity index (χ1) is 5.04. The second kappa shape index (κ2) is 3.62. The molecule has 60 valence electrons. The van der Waals surface area contributed by atoms with Gasteiger partial charge in [0.15, 0.2) is 0 Å². The smallest absolute Gasteiger partial charge is 0.0516 e. The Morgan fingerprint density at radius 2 is 2.00 bits per heavy atom. The number of nitrogens with two attached hydrogens (primary N) is 1. The molecule has 1 aromatic carbocycles. The van der Waals surface area contributed by atoms with Gasteiger partial charge in [0.2, 0.25) is 0 Å². The van der Waals surface area contributed by atoms with Gasteiger partial charge < -0.3 is 5.73 Å². The van der Waals surface area contributed by atoms with Gasteiger partial charge in [0.1, 0.15) is 0 Å². The number of hydrogen-bond donors (Lipinski definition) is 1. The molecular formula is C7H6Br2IN. The molecule has 0 amide bonds. The van der Waals surface area contributed by atoms with Gasteiger partial charge in [-0.3, -0.25) is 0 Å². The van der Waals surface area contributed by atoms with E-state index in [1.807, 2.05) is 13.0 Å². The molecule has 0 aromatic heterocycles. The van der Waals surface area contributed by atoms with Gasteiger partial charge >= 0.3 is 0 Å². The number of rotatable bonds is 0. The molecule has 0 aliphatic heterocycles. The van der Waals surface area contributed by atoms with Gasteiger partial charge in [-0.15, -0.1) is 0 Å². The van der Waals surface area contributed by atoms with E-state index in [0.29, 0.717) is 0 Å². The monoisotopic (exact) mass is 389 g/mol. The van der Waals surface area contributed by atoms with E-state index < -0.39 is 0 Å². The summed E-state index contributed by atoms with van der Waals surface area (Å²) in [5, 5.41) is 0. The van der Waals surface area contributed by atoms with Crippen molar-refractivity contribution >= 4 is 60.1 Å². The Labute approximate surface area is 96.1 Å². The predicted molar refractivity (Wildman–Crippen MR) is 63.7 cm³/mol. The molecule has 0 atom stereocenters. The Bertz CT molecular complexity index is 273. The lowest BCUT2D eigenvalue weighted by molar-refractivity contribution is 1.40. The van der Waals surface area contributed by atoms with Crippen LogP contribution in [-0.2, 0) is 0 Å². The molecule has 0 fully saturated rings. The van der Waals surface area contributed by atoms with Crippen LogP contribution in [0.5, 0.6) is 0 Å². The van der Waals surface area contributed by atoms with Crippen LogP contribution in [-0.4, -0.2) is 0 Å². The van der Waals surface area contributed by atoms with Crippen molar-refractivity contribution in [3.8, 4) is 0 Å². The van der Waals surface area contributed by atoms with Gasteiger partial charge in [0.05, 0.1) is 3.57 Å². The van der Waals surface area contributed by atoms with Crippen LogP contribution in [0.15, 0.2) is 15.0 Å². The van der Waals surface area contributed by atoms with Crippen LogP contribution in [0, 0.1) is 10.5 Å². The second-order valence-electron chi connectivity index (χ2n) is 2.22. The fourth-order valence-electron chi connectivity index (χ4n) is 0.727. The maximum absolute atomic E-state index is 5.79. The minimum absolute atomic E-state index is 0.848. The minimum atomic E-state index is 0.848. The first-order valence-electron chi connectivity index (χ1n) is 2.93. The average molecular weight is 391 g/mol. The van der Waals surface area contributed by atoms with Crippen molar-refractivity contribution in [2.24, 2.45) is 0 Å². The number of anilines is 1. The van der Waals surface area contributed by atoms with Crippen molar-refractivity contribution in [3.05, 3.63) is 24.1 Å². The molecule has 0 heterocycles. The van der Waals surface area contributed by atoms with Crippen LogP contribution in [0.4, 0.5) is 5.69 Å². The van der Waals surface area contributed by atoms with E-state index >= 15 is 0 Å². The SMILES string of the molecule is Cc1cc(Br)c(Br)c(I)c1N. The van der Waals surface area contributed by atoms with Gasteiger partial charge in [-0.1, -0.05) is 0 Å². The molecular weight excluding hydrogens is 385 g/mol. The van der Waals surface area contributed by atoms with Gasteiger partial charge in [-0.05, 0) is 73.0 Å². The third kappa shape index (κ3) is 1.89. The summed E-state index contributed by atoms with van der Waals surface area (Å²) in [4.78, 5) is 0. The van der Waals surface area contributed by atoms with Crippen LogP contribution in [0.25, 0.3) is 0 Å². The summed E-state index contributed by atoms with van der Waals surface area (Å²) in [5.74, 6) is 0. The van der Waals surface area contributed by atoms with Crippen molar-refractivity contribution in [1.29, 1.82) is 0 Å². The summed E-state index contributed by atoms with van der Waals surface area (Å²) in [6, 6.07) is 2.00. The molecule has 1 nitrogen and oxygen atoms in total. The van der Waals surface area contributed by atoms with Crippen molar-refractivity contribution < 1.29 is 0 Å². The standard InChI is InChI=1S/C7H6Br2IN/c1-3-2-4(8)5(9)6(10)7(3)11/h2H,11H2,1H3. The topological polar surface area (TPSA) is 26.0 Å². The van der Waals surface area contributed by atoms with Crippen molar-refractivity contribution in [2.45, 2.75) is 6.92 Å². The minimum Gasteiger partial charge on any atom is -0.398 e. The third-order valence-electron chi connectivity index (χ3n) is 1.41. The van der Waals surface area contributed by atoms with Crippen LogP contribution in [0.1, 0.15) is 5.56 Å². The Balaban J connectivity index is 3.46.